The van der Waals surface area contributed by atoms with Gasteiger partial charge in [-0.25, -0.2) is 0 Å². The van der Waals surface area contributed by atoms with Gasteiger partial charge in [0.15, 0.2) is 11.5 Å². The van der Waals surface area contributed by atoms with Crippen LogP contribution in [0.4, 0.5) is 0 Å². The predicted molar refractivity (Wildman–Crippen MR) is 94.8 cm³/mol. The van der Waals surface area contributed by atoms with E-state index in [4.69, 9.17) is 9.47 Å². The van der Waals surface area contributed by atoms with Gasteiger partial charge in [0.2, 0.25) is 0 Å². The lowest BCUT2D eigenvalue weighted by Crippen LogP contribution is -2.46. The number of ether oxygens (including phenoxy) is 2. The van der Waals surface area contributed by atoms with Gasteiger partial charge in [-0.3, -0.25) is 9.69 Å². The van der Waals surface area contributed by atoms with E-state index in [2.05, 4.69) is 30.9 Å². The molecule has 0 amide bonds. The lowest BCUT2D eigenvalue weighted by molar-refractivity contribution is -0.129. The summed E-state index contributed by atoms with van der Waals surface area (Å²) in [6.07, 6.45) is 2.64. The van der Waals surface area contributed by atoms with Gasteiger partial charge < -0.3 is 9.47 Å². The van der Waals surface area contributed by atoms with Crippen molar-refractivity contribution in [2.75, 3.05) is 26.8 Å². The maximum Gasteiger partial charge on any atom is 0.161 e. The molecule has 4 nitrogen and oxygen atoms in total. The first kappa shape index (κ1) is 17.3. The van der Waals surface area contributed by atoms with Crippen molar-refractivity contribution in [2.24, 2.45) is 11.8 Å². The van der Waals surface area contributed by atoms with Crippen LogP contribution in [0, 0.1) is 11.8 Å². The van der Waals surface area contributed by atoms with Gasteiger partial charge in [0.1, 0.15) is 5.78 Å². The van der Waals surface area contributed by atoms with Crippen molar-refractivity contribution in [3.8, 4) is 11.5 Å². The zero-order valence-corrected chi connectivity index (χ0v) is 15.3. The summed E-state index contributed by atoms with van der Waals surface area (Å²) in [5.74, 6) is 2.78. The highest BCUT2D eigenvalue weighted by Crippen LogP contribution is 2.42. The molecule has 0 N–H and O–H groups in total. The molecule has 2 aliphatic rings. The molecule has 1 saturated heterocycles. The SMILES string of the molecule is CCOc1cc2c(cc1OC)C1CC(=O)C(CC(C)C)CN1CC2. The average Bonchev–Trinajstić information content (AvgIpc) is 2.55. The van der Waals surface area contributed by atoms with E-state index >= 15 is 0 Å². The standard InChI is InChI=1S/C20H29NO3/c1-5-24-20-9-14-6-7-21-12-15(8-13(2)3)18(22)11-17(21)16(14)10-19(20)23-4/h9-10,13,15,17H,5-8,11-12H2,1-4H3. The second-order valence-electron chi connectivity index (χ2n) is 7.39. The number of carbonyl (C=O) groups excluding carboxylic acids is 1. The van der Waals surface area contributed by atoms with Crippen LogP contribution >= 0.6 is 0 Å². The van der Waals surface area contributed by atoms with Crippen molar-refractivity contribution in [2.45, 2.75) is 46.1 Å². The van der Waals surface area contributed by atoms with Crippen LogP contribution in [-0.2, 0) is 11.2 Å². The Labute approximate surface area is 145 Å². The van der Waals surface area contributed by atoms with E-state index in [0.29, 0.717) is 24.7 Å². The smallest absolute Gasteiger partial charge is 0.161 e. The van der Waals surface area contributed by atoms with Crippen LogP contribution in [0.2, 0.25) is 0 Å². The molecule has 0 radical (unpaired) electrons. The van der Waals surface area contributed by atoms with E-state index in [0.717, 1.165) is 37.4 Å². The molecule has 2 heterocycles. The molecule has 0 aliphatic carbocycles. The van der Waals surface area contributed by atoms with E-state index in [1.54, 1.807) is 7.11 Å². The van der Waals surface area contributed by atoms with Gasteiger partial charge in [0.05, 0.1) is 13.7 Å². The molecule has 0 aromatic heterocycles. The van der Waals surface area contributed by atoms with Crippen LogP contribution in [0.5, 0.6) is 11.5 Å². The molecule has 24 heavy (non-hydrogen) atoms. The monoisotopic (exact) mass is 331 g/mol. The fraction of sp³-hybridized carbons (Fsp3) is 0.650. The van der Waals surface area contributed by atoms with E-state index in [-0.39, 0.29) is 12.0 Å². The zero-order chi connectivity index (χ0) is 17.3. The quantitative estimate of drug-likeness (QED) is 0.826. The number of methoxy groups -OCH3 is 1. The molecule has 3 rings (SSSR count). The normalized spacial score (nSPS) is 23.8. The fourth-order valence-corrected chi connectivity index (χ4v) is 4.16. The minimum atomic E-state index is 0.201. The summed E-state index contributed by atoms with van der Waals surface area (Å²) in [5, 5.41) is 0. The van der Waals surface area contributed by atoms with Gasteiger partial charge in [0, 0.05) is 31.5 Å². The first-order chi connectivity index (χ1) is 11.5. The Kier molecular flexibility index (Phi) is 5.14. The summed E-state index contributed by atoms with van der Waals surface area (Å²) in [5.41, 5.74) is 2.55. The third kappa shape index (κ3) is 3.30. The van der Waals surface area contributed by atoms with Crippen LogP contribution in [0.25, 0.3) is 0 Å². The molecule has 2 atom stereocenters. The van der Waals surface area contributed by atoms with Crippen molar-refractivity contribution in [1.29, 1.82) is 0 Å². The third-order valence-electron chi connectivity index (χ3n) is 5.25. The Balaban J connectivity index is 1.87. The molecule has 0 spiro atoms. The molecule has 1 aromatic rings. The summed E-state index contributed by atoms with van der Waals surface area (Å²) in [4.78, 5) is 15.1. The number of rotatable bonds is 5. The Hall–Kier alpha value is -1.55. The maximum absolute atomic E-state index is 12.6. The molecule has 1 aromatic carbocycles. The second-order valence-corrected chi connectivity index (χ2v) is 7.39. The molecule has 132 valence electrons. The van der Waals surface area contributed by atoms with E-state index in [9.17, 15) is 4.79 Å². The summed E-state index contributed by atoms with van der Waals surface area (Å²) < 4.78 is 11.2. The summed E-state index contributed by atoms with van der Waals surface area (Å²) >= 11 is 0. The number of hydrogen-bond donors (Lipinski definition) is 0. The summed E-state index contributed by atoms with van der Waals surface area (Å²) in [6.45, 7) is 8.93. The van der Waals surface area contributed by atoms with Crippen molar-refractivity contribution >= 4 is 5.78 Å². The first-order valence-corrected chi connectivity index (χ1v) is 9.13. The molecule has 4 heteroatoms. The topological polar surface area (TPSA) is 38.8 Å². The molecule has 0 bridgehead atoms. The minimum Gasteiger partial charge on any atom is -0.493 e. The largest absolute Gasteiger partial charge is 0.493 e. The van der Waals surface area contributed by atoms with Crippen LogP contribution in [0.3, 0.4) is 0 Å². The van der Waals surface area contributed by atoms with Crippen LogP contribution in [-0.4, -0.2) is 37.5 Å². The lowest BCUT2D eigenvalue weighted by Gasteiger charge is -2.43. The zero-order valence-electron chi connectivity index (χ0n) is 15.3. The Morgan fingerprint density at radius 1 is 1.29 bits per heavy atom. The lowest BCUT2D eigenvalue weighted by atomic mass is 9.80. The Morgan fingerprint density at radius 2 is 2.08 bits per heavy atom. The van der Waals surface area contributed by atoms with Gasteiger partial charge in [0.25, 0.3) is 0 Å². The molecular weight excluding hydrogens is 302 g/mol. The second kappa shape index (κ2) is 7.14. The molecule has 2 unspecified atom stereocenters. The number of carbonyl (C=O) groups is 1. The van der Waals surface area contributed by atoms with E-state index in [1.807, 2.05) is 6.92 Å². The molecule has 2 aliphatic heterocycles. The van der Waals surface area contributed by atoms with Crippen molar-refractivity contribution in [3.63, 3.8) is 0 Å². The third-order valence-corrected chi connectivity index (χ3v) is 5.25. The highest BCUT2D eigenvalue weighted by molar-refractivity contribution is 5.83. The Bertz CT molecular complexity index is 611. The minimum absolute atomic E-state index is 0.201. The predicted octanol–water partition coefficient (Wildman–Crippen LogP) is 3.63. The number of Topliss-reactive ketones (excluding diaryl/α,β-unsaturated/α-hetero) is 1. The highest BCUT2D eigenvalue weighted by atomic mass is 16.5. The maximum atomic E-state index is 12.6. The van der Waals surface area contributed by atoms with Crippen LogP contribution in [0.1, 0.15) is 50.8 Å². The molecular formula is C20H29NO3. The summed E-state index contributed by atoms with van der Waals surface area (Å²) in [7, 11) is 1.68. The van der Waals surface area contributed by atoms with Crippen LogP contribution in [0.15, 0.2) is 12.1 Å². The first-order valence-electron chi connectivity index (χ1n) is 9.13. The number of piperidine rings is 1. The molecule has 0 saturated carbocycles. The number of fused-ring (bicyclic) bond motifs is 3. The van der Waals surface area contributed by atoms with Gasteiger partial charge in [-0.1, -0.05) is 13.8 Å². The number of hydrogen-bond acceptors (Lipinski definition) is 4. The Morgan fingerprint density at radius 3 is 2.75 bits per heavy atom. The highest BCUT2D eigenvalue weighted by Gasteiger charge is 2.38. The van der Waals surface area contributed by atoms with Gasteiger partial charge in [-0.15, -0.1) is 0 Å². The van der Waals surface area contributed by atoms with Crippen molar-refractivity contribution < 1.29 is 14.3 Å². The average molecular weight is 331 g/mol. The number of nitrogens with zero attached hydrogens (tertiary/aromatic N) is 1. The van der Waals surface area contributed by atoms with Crippen LogP contribution < -0.4 is 9.47 Å². The van der Waals surface area contributed by atoms with E-state index < -0.39 is 0 Å². The van der Waals surface area contributed by atoms with Gasteiger partial charge in [-0.05, 0) is 48.9 Å². The van der Waals surface area contributed by atoms with Crippen molar-refractivity contribution in [1.82, 2.24) is 4.90 Å². The molecule has 1 fully saturated rings. The summed E-state index contributed by atoms with van der Waals surface area (Å²) in [6, 6.07) is 4.40. The van der Waals surface area contributed by atoms with Gasteiger partial charge >= 0.3 is 0 Å². The van der Waals surface area contributed by atoms with Gasteiger partial charge in [-0.2, -0.15) is 0 Å². The van der Waals surface area contributed by atoms with Crippen molar-refractivity contribution in [3.05, 3.63) is 23.3 Å². The number of benzene rings is 1. The number of ketones is 1. The van der Waals surface area contributed by atoms with E-state index in [1.165, 1.54) is 11.1 Å². The fourth-order valence-electron chi connectivity index (χ4n) is 4.16.